The van der Waals surface area contributed by atoms with Crippen LogP contribution in [-0.4, -0.2) is 6.04 Å². The molecule has 0 saturated heterocycles. The molecule has 0 heterocycles. The van der Waals surface area contributed by atoms with Crippen molar-refractivity contribution in [2.45, 2.75) is 51.5 Å². The van der Waals surface area contributed by atoms with Gasteiger partial charge in [-0.1, -0.05) is 32.6 Å². The van der Waals surface area contributed by atoms with Gasteiger partial charge in [0.1, 0.15) is 11.6 Å². The molecule has 1 rings (SSSR count). The lowest BCUT2D eigenvalue weighted by Crippen LogP contribution is -2.23. The molecular weight excluding hydrogens is 220 g/mol. The lowest BCUT2D eigenvalue weighted by Gasteiger charge is -2.12. The zero-order chi connectivity index (χ0) is 12.7. The van der Waals surface area contributed by atoms with E-state index >= 15 is 0 Å². The minimum absolute atomic E-state index is 0.0804. The van der Waals surface area contributed by atoms with E-state index in [1.54, 1.807) is 0 Å². The Morgan fingerprint density at radius 2 is 1.94 bits per heavy atom. The summed E-state index contributed by atoms with van der Waals surface area (Å²) in [6.45, 7) is 2.15. The van der Waals surface area contributed by atoms with Crippen LogP contribution in [0.4, 0.5) is 8.78 Å². The Morgan fingerprint density at radius 1 is 1.18 bits per heavy atom. The molecule has 0 fully saturated rings. The van der Waals surface area contributed by atoms with Crippen molar-refractivity contribution < 1.29 is 8.78 Å². The molecule has 1 nitrogen and oxygen atoms in total. The summed E-state index contributed by atoms with van der Waals surface area (Å²) in [5.41, 5.74) is 6.30. The largest absolute Gasteiger partial charge is 0.327 e. The van der Waals surface area contributed by atoms with Gasteiger partial charge in [-0.3, -0.25) is 0 Å². The van der Waals surface area contributed by atoms with Gasteiger partial charge < -0.3 is 5.73 Å². The van der Waals surface area contributed by atoms with Gasteiger partial charge in [-0.15, -0.1) is 0 Å². The molecule has 0 saturated carbocycles. The zero-order valence-corrected chi connectivity index (χ0v) is 10.4. The number of nitrogens with two attached hydrogens (primary N) is 1. The summed E-state index contributed by atoms with van der Waals surface area (Å²) < 4.78 is 26.3. The summed E-state index contributed by atoms with van der Waals surface area (Å²) in [6.07, 6.45) is 5.91. The Hall–Kier alpha value is -0.960. The van der Waals surface area contributed by atoms with Crippen molar-refractivity contribution in [3.05, 3.63) is 35.4 Å². The third-order valence-corrected chi connectivity index (χ3v) is 2.92. The second kappa shape index (κ2) is 7.38. The minimum Gasteiger partial charge on any atom is -0.327 e. The van der Waals surface area contributed by atoms with E-state index in [2.05, 4.69) is 6.92 Å². The Labute approximate surface area is 102 Å². The fraction of sp³-hybridized carbons (Fsp3) is 0.571. The Bertz CT molecular complexity index is 339. The summed E-state index contributed by atoms with van der Waals surface area (Å²) in [4.78, 5) is 0. The molecule has 17 heavy (non-hydrogen) atoms. The molecule has 0 aliphatic rings. The smallest absolute Gasteiger partial charge is 0.126 e. The number of hydrogen-bond donors (Lipinski definition) is 1. The molecule has 0 radical (unpaired) electrons. The molecule has 2 N–H and O–H groups in total. The maximum atomic E-state index is 13.4. The topological polar surface area (TPSA) is 26.0 Å². The highest BCUT2D eigenvalue weighted by atomic mass is 19.1. The zero-order valence-electron chi connectivity index (χ0n) is 10.4. The number of hydrogen-bond acceptors (Lipinski definition) is 1. The van der Waals surface area contributed by atoms with Gasteiger partial charge in [0.2, 0.25) is 0 Å². The molecule has 0 aromatic heterocycles. The second-order valence-corrected chi connectivity index (χ2v) is 4.55. The predicted octanol–water partition coefficient (Wildman–Crippen LogP) is 3.81. The Balaban J connectivity index is 2.39. The Morgan fingerprint density at radius 3 is 2.65 bits per heavy atom. The van der Waals surface area contributed by atoms with Gasteiger partial charge in [0, 0.05) is 6.04 Å². The van der Waals surface area contributed by atoms with E-state index in [9.17, 15) is 8.78 Å². The maximum Gasteiger partial charge on any atom is 0.126 e. The molecular formula is C14H21F2N. The molecule has 3 heteroatoms. The molecule has 0 aliphatic carbocycles. The standard InChI is InChI=1S/C14H21F2N/c1-2-3-4-5-6-13(17)10-11-9-12(15)7-8-14(11)16/h7-9,13H,2-6,10,17H2,1H3. The highest BCUT2D eigenvalue weighted by molar-refractivity contribution is 5.19. The summed E-state index contributed by atoms with van der Waals surface area (Å²) in [7, 11) is 0. The van der Waals surface area contributed by atoms with Crippen molar-refractivity contribution in [2.75, 3.05) is 0 Å². The van der Waals surface area contributed by atoms with Crippen LogP contribution in [0.15, 0.2) is 18.2 Å². The van der Waals surface area contributed by atoms with Crippen molar-refractivity contribution >= 4 is 0 Å². The van der Waals surface area contributed by atoms with E-state index in [4.69, 9.17) is 5.73 Å². The van der Waals surface area contributed by atoms with Crippen LogP contribution in [0.1, 0.15) is 44.6 Å². The van der Waals surface area contributed by atoms with Crippen LogP contribution < -0.4 is 5.73 Å². The van der Waals surface area contributed by atoms with Gasteiger partial charge in [-0.25, -0.2) is 8.78 Å². The normalized spacial score (nSPS) is 12.7. The highest BCUT2D eigenvalue weighted by Gasteiger charge is 2.09. The third kappa shape index (κ3) is 5.26. The molecule has 1 aromatic rings. The summed E-state index contributed by atoms with van der Waals surface area (Å²) in [5.74, 6) is -0.769. The van der Waals surface area contributed by atoms with Crippen molar-refractivity contribution in [1.82, 2.24) is 0 Å². The van der Waals surface area contributed by atoms with Gasteiger partial charge in [-0.2, -0.15) is 0 Å². The predicted molar refractivity (Wildman–Crippen MR) is 66.8 cm³/mol. The van der Waals surface area contributed by atoms with Crippen molar-refractivity contribution in [3.8, 4) is 0 Å². The van der Waals surface area contributed by atoms with Gasteiger partial charge in [0.15, 0.2) is 0 Å². The molecule has 96 valence electrons. The first kappa shape index (κ1) is 14.1. The van der Waals surface area contributed by atoms with Crippen LogP contribution in [0.2, 0.25) is 0 Å². The van der Waals surface area contributed by atoms with Crippen molar-refractivity contribution in [2.24, 2.45) is 5.73 Å². The van der Waals surface area contributed by atoms with E-state index < -0.39 is 5.82 Å². The molecule has 1 unspecified atom stereocenters. The average molecular weight is 241 g/mol. The Kier molecular flexibility index (Phi) is 6.12. The van der Waals surface area contributed by atoms with Crippen LogP contribution in [0.3, 0.4) is 0 Å². The fourth-order valence-electron chi connectivity index (χ4n) is 1.92. The van der Waals surface area contributed by atoms with E-state index in [1.165, 1.54) is 18.9 Å². The molecule has 0 aliphatic heterocycles. The third-order valence-electron chi connectivity index (χ3n) is 2.92. The first-order valence-electron chi connectivity index (χ1n) is 6.33. The highest BCUT2D eigenvalue weighted by Crippen LogP contribution is 2.14. The number of benzene rings is 1. The molecule has 1 aromatic carbocycles. The lowest BCUT2D eigenvalue weighted by molar-refractivity contribution is 0.525. The first-order chi connectivity index (χ1) is 8.13. The molecule has 0 amide bonds. The van der Waals surface area contributed by atoms with Gasteiger partial charge in [0.05, 0.1) is 0 Å². The minimum atomic E-state index is -0.403. The molecule has 0 spiro atoms. The number of rotatable bonds is 7. The van der Waals surface area contributed by atoms with Crippen LogP contribution in [0.25, 0.3) is 0 Å². The van der Waals surface area contributed by atoms with E-state index in [0.717, 1.165) is 31.4 Å². The van der Waals surface area contributed by atoms with Gasteiger partial charge >= 0.3 is 0 Å². The van der Waals surface area contributed by atoms with Crippen molar-refractivity contribution in [3.63, 3.8) is 0 Å². The van der Waals surface area contributed by atoms with Crippen LogP contribution in [-0.2, 0) is 6.42 Å². The van der Waals surface area contributed by atoms with Crippen LogP contribution >= 0.6 is 0 Å². The number of halogens is 2. The monoisotopic (exact) mass is 241 g/mol. The summed E-state index contributed by atoms with van der Waals surface area (Å²) in [5, 5.41) is 0. The maximum absolute atomic E-state index is 13.4. The summed E-state index contributed by atoms with van der Waals surface area (Å²) in [6, 6.07) is 3.45. The fourth-order valence-corrected chi connectivity index (χ4v) is 1.92. The summed E-state index contributed by atoms with van der Waals surface area (Å²) >= 11 is 0. The van der Waals surface area contributed by atoms with E-state index in [1.807, 2.05) is 0 Å². The second-order valence-electron chi connectivity index (χ2n) is 4.55. The van der Waals surface area contributed by atoms with Crippen LogP contribution in [0, 0.1) is 11.6 Å². The average Bonchev–Trinajstić information content (AvgIpc) is 2.29. The van der Waals surface area contributed by atoms with E-state index in [-0.39, 0.29) is 11.9 Å². The van der Waals surface area contributed by atoms with E-state index in [0.29, 0.717) is 12.0 Å². The molecule has 1 atom stereocenters. The van der Waals surface area contributed by atoms with Gasteiger partial charge in [0.25, 0.3) is 0 Å². The van der Waals surface area contributed by atoms with Gasteiger partial charge in [-0.05, 0) is 36.6 Å². The van der Waals surface area contributed by atoms with Crippen molar-refractivity contribution in [1.29, 1.82) is 0 Å². The first-order valence-corrected chi connectivity index (χ1v) is 6.33. The SMILES string of the molecule is CCCCCCC(N)Cc1cc(F)ccc1F. The van der Waals surface area contributed by atoms with Crippen LogP contribution in [0.5, 0.6) is 0 Å². The quantitative estimate of drug-likeness (QED) is 0.722. The number of unbranched alkanes of at least 4 members (excludes halogenated alkanes) is 3. The molecule has 0 bridgehead atoms. The lowest BCUT2D eigenvalue weighted by atomic mass is 10.0.